The van der Waals surface area contributed by atoms with Gasteiger partial charge in [-0.15, -0.1) is 0 Å². The first kappa shape index (κ1) is 13.7. The molecule has 0 aromatic rings. The first-order valence-corrected chi connectivity index (χ1v) is 5.02. The lowest BCUT2D eigenvalue weighted by atomic mass is 10.4. The molecule has 0 heterocycles. The molecule has 0 rings (SSSR count). The maximum atomic E-state index is 11.0. The summed E-state index contributed by atoms with van der Waals surface area (Å²) in [6.07, 6.45) is 1.89. The number of ether oxygens (including phenoxy) is 1. The molecule has 0 radical (unpaired) electrons. The predicted molar refractivity (Wildman–Crippen MR) is 57.2 cm³/mol. The summed E-state index contributed by atoms with van der Waals surface area (Å²) in [5.74, 6) is 4.49. The van der Waals surface area contributed by atoms with Gasteiger partial charge in [-0.1, -0.05) is 19.3 Å². The average Bonchev–Trinajstić information content (AvgIpc) is 2.17. The molecule has 15 heavy (non-hydrogen) atoms. The smallest absolute Gasteiger partial charge is 0.319 e. The van der Waals surface area contributed by atoms with Gasteiger partial charge in [0.25, 0.3) is 0 Å². The van der Waals surface area contributed by atoms with Crippen molar-refractivity contribution in [1.82, 2.24) is 5.32 Å². The Morgan fingerprint density at radius 1 is 1.40 bits per heavy atom. The van der Waals surface area contributed by atoms with Crippen LogP contribution in [0.5, 0.6) is 0 Å². The number of ketones is 1. The highest BCUT2D eigenvalue weighted by molar-refractivity contribution is 5.93. The molecule has 84 valence electrons. The molecule has 0 spiro atoms. The average molecular weight is 211 g/mol. The van der Waals surface area contributed by atoms with Gasteiger partial charge in [0.2, 0.25) is 5.78 Å². The summed E-state index contributed by atoms with van der Waals surface area (Å²) in [5, 5.41) is 2.77. The zero-order chi connectivity index (χ0) is 11.5. The summed E-state index contributed by atoms with van der Waals surface area (Å²) in [6.45, 7) is 4.35. The van der Waals surface area contributed by atoms with Crippen molar-refractivity contribution >= 4 is 11.8 Å². The molecule has 0 aliphatic carbocycles. The summed E-state index contributed by atoms with van der Waals surface area (Å²) in [7, 11) is 0. The van der Waals surface area contributed by atoms with Crippen LogP contribution in [0.15, 0.2) is 0 Å². The van der Waals surface area contributed by atoms with Crippen LogP contribution in [0, 0.1) is 11.8 Å². The van der Waals surface area contributed by atoms with Crippen molar-refractivity contribution in [2.45, 2.75) is 26.7 Å². The number of carbonyl (C=O) groups excluding carboxylic acids is 2. The van der Waals surface area contributed by atoms with E-state index in [1.165, 1.54) is 6.92 Å². The topological polar surface area (TPSA) is 55.4 Å². The number of carbonyl (C=O) groups is 2. The van der Waals surface area contributed by atoms with Crippen LogP contribution in [0.25, 0.3) is 0 Å². The largest absolute Gasteiger partial charge is 0.465 e. The number of unbranched alkanes of at least 4 members (excludes halogenated alkanes) is 1. The second-order valence-electron chi connectivity index (χ2n) is 3.04. The minimum absolute atomic E-state index is 0.135. The predicted octanol–water partition coefficient (Wildman–Crippen LogP) is 0.512. The van der Waals surface area contributed by atoms with Gasteiger partial charge in [-0.25, -0.2) is 0 Å². The lowest BCUT2D eigenvalue weighted by Crippen LogP contribution is -2.25. The van der Waals surface area contributed by atoms with Gasteiger partial charge in [-0.3, -0.25) is 14.9 Å². The SMILES string of the molecule is CCCCOC(=O)CNCC#CC(C)=O. The molecule has 0 aliphatic heterocycles. The van der Waals surface area contributed by atoms with Crippen molar-refractivity contribution < 1.29 is 14.3 Å². The monoisotopic (exact) mass is 211 g/mol. The molecule has 1 N–H and O–H groups in total. The molecule has 0 bridgehead atoms. The molecule has 0 unspecified atom stereocenters. The molecular formula is C11H17NO3. The zero-order valence-corrected chi connectivity index (χ0v) is 9.26. The second-order valence-corrected chi connectivity index (χ2v) is 3.04. The Kier molecular flexibility index (Phi) is 8.40. The van der Waals surface area contributed by atoms with Crippen LogP contribution in [0.3, 0.4) is 0 Å². The quantitative estimate of drug-likeness (QED) is 0.301. The van der Waals surface area contributed by atoms with Gasteiger partial charge in [0.1, 0.15) is 0 Å². The van der Waals surface area contributed by atoms with E-state index in [-0.39, 0.29) is 18.3 Å². The fraction of sp³-hybridized carbons (Fsp3) is 0.636. The van der Waals surface area contributed by atoms with Crippen molar-refractivity contribution in [2.75, 3.05) is 19.7 Å². The van der Waals surface area contributed by atoms with Crippen LogP contribution >= 0.6 is 0 Å². The van der Waals surface area contributed by atoms with Crippen LogP contribution in [0.2, 0.25) is 0 Å². The first-order chi connectivity index (χ1) is 7.16. The molecule has 0 amide bonds. The lowest BCUT2D eigenvalue weighted by molar-refractivity contribution is -0.142. The highest BCUT2D eigenvalue weighted by Crippen LogP contribution is 1.87. The Labute approximate surface area is 90.4 Å². The van der Waals surface area contributed by atoms with Crippen molar-refractivity contribution in [3.05, 3.63) is 0 Å². The Bertz CT molecular complexity index is 263. The molecule has 0 fully saturated rings. The van der Waals surface area contributed by atoms with Gasteiger partial charge >= 0.3 is 5.97 Å². The van der Waals surface area contributed by atoms with Gasteiger partial charge < -0.3 is 4.74 Å². The maximum absolute atomic E-state index is 11.0. The molecular weight excluding hydrogens is 194 g/mol. The molecule has 4 heteroatoms. The third-order valence-electron chi connectivity index (χ3n) is 1.51. The highest BCUT2D eigenvalue weighted by atomic mass is 16.5. The molecule has 0 aliphatic rings. The minimum atomic E-state index is -0.284. The van der Waals surface area contributed by atoms with Crippen molar-refractivity contribution in [3.63, 3.8) is 0 Å². The number of nitrogens with one attached hydrogen (secondary N) is 1. The van der Waals surface area contributed by atoms with Crippen LogP contribution in [0.1, 0.15) is 26.7 Å². The third-order valence-corrected chi connectivity index (χ3v) is 1.51. The van der Waals surface area contributed by atoms with Crippen molar-refractivity contribution in [2.24, 2.45) is 0 Å². The zero-order valence-electron chi connectivity index (χ0n) is 9.26. The Hall–Kier alpha value is -1.34. The molecule has 4 nitrogen and oxygen atoms in total. The van der Waals surface area contributed by atoms with E-state index in [0.29, 0.717) is 13.2 Å². The van der Waals surface area contributed by atoms with E-state index < -0.39 is 0 Å². The van der Waals surface area contributed by atoms with E-state index in [1.807, 2.05) is 6.92 Å². The summed E-state index contributed by atoms with van der Waals surface area (Å²) < 4.78 is 4.89. The van der Waals surface area contributed by atoms with Gasteiger partial charge in [-0.2, -0.15) is 0 Å². The van der Waals surface area contributed by atoms with E-state index in [1.54, 1.807) is 0 Å². The summed E-state index contributed by atoms with van der Waals surface area (Å²) >= 11 is 0. The maximum Gasteiger partial charge on any atom is 0.319 e. The number of Topliss-reactive ketones (excluding diaryl/α,β-unsaturated/α-hetero) is 1. The number of rotatable bonds is 6. The van der Waals surface area contributed by atoms with E-state index >= 15 is 0 Å². The third kappa shape index (κ3) is 10.6. The van der Waals surface area contributed by atoms with E-state index in [9.17, 15) is 9.59 Å². The number of hydrogen-bond acceptors (Lipinski definition) is 4. The van der Waals surface area contributed by atoms with Crippen LogP contribution in [0.4, 0.5) is 0 Å². The number of hydrogen-bond donors (Lipinski definition) is 1. The fourth-order valence-corrected chi connectivity index (χ4v) is 0.777. The minimum Gasteiger partial charge on any atom is -0.465 e. The van der Waals surface area contributed by atoms with E-state index in [4.69, 9.17) is 4.74 Å². The van der Waals surface area contributed by atoms with Gasteiger partial charge in [0.15, 0.2) is 0 Å². The molecule has 0 aromatic heterocycles. The summed E-state index contributed by atoms with van der Waals surface area (Å²) in [4.78, 5) is 21.4. The molecule has 0 aromatic carbocycles. The Balaban J connectivity index is 3.40. The number of esters is 1. The normalized spacial score (nSPS) is 8.93. The van der Waals surface area contributed by atoms with Gasteiger partial charge in [0, 0.05) is 6.92 Å². The van der Waals surface area contributed by atoms with Crippen LogP contribution in [-0.4, -0.2) is 31.4 Å². The lowest BCUT2D eigenvalue weighted by Gasteiger charge is -2.02. The Morgan fingerprint density at radius 3 is 2.73 bits per heavy atom. The second kappa shape index (κ2) is 9.22. The van der Waals surface area contributed by atoms with E-state index in [0.717, 1.165) is 12.8 Å². The fourth-order valence-electron chi connectivity index (χ4n) is 0.777. The van der Waals surface area contributed by atoms with E-state index in [2.05, 4.69) is 17.2 Å². The molecule has 0 atom stereocenters. The summed E-state index contributed by atoms with van der Waals surface area (Å²) in [6, 6.07) is 0. The molecule has 0 saturated heterocycles. The van der Waals surface area contributed by atoms with Crippen LogP contribution in [-0.2, 0) is 14.3 Å². The van der Waals surface area contributed by atoms with Crippen molar-refractivity contribution in [1.29, 1.82) is 0 Å². The van der Waals surface area contributed by atoms with Crippen LogP contribution < -0.4 is 5.32 Å². The summed E-state index contributed by atoms with van der Waals surface area (Å²) in [5.41, 5.74) is 0. The first-order valence-electron chi connectivity index (χ1n) is 5.02. The highest BCUT2D eigenvalue weighted by Gasteiger charge is 1.99. The van der Waals surface area contributed by atoms with Gasteiger partial charge in [0.05, 0.1) is 19.7 Å². The van der Waals surface area contributed by atoms with Crippen molar-refractivity contribution in [3.8, 4) is 11.8 Å². The van der Waals surface area contributed by atoms with Gasteiger partial charge in [-0.05, 0) is 12.3 Å². The standard InChI is InChI=1S/C11H17NO3/c1-3-4-8-15-11(14)9-12-7-5-6-10(2)13/h12H,3-4,7-9H2,1-2H3. The molecule has 0 saturated carbocycles. The Morgan fingerprint density at radius 2 is 2.13 bits per heavy atom.